The fourth-order valence-corrected chi connectivity index (χ4v) is 4.17. The highest BCUT2D eigenvalue weighted by Gasteiger charge is 2.18. The molecule has 2 aromatic heterocycles. The van der Waals surface area contributed by atoms with E-state index in [2.05, 4.69) is 135 Å². The Morgan fingerprint density at radius 2 is 0.806 bits per heavy atom. The molecule has 4 heteroatoms. The summed E-state index contributed by atoms with van der Waals surface area (Å²) in [5.41, 5.74) is 8.88. The second-order valence-corrected chi connectivity index (χ2v) is 9.25. The van der Waals surface area contributed by atoms with Gasteiger partial charge in [-0.3, -0.25) is 9.80 Å². The molecule has 178 valence electrons. The van der Waals surface area contributed by atoms with E-state index < -0.39 is 0 Å². The normalized spacial score (nSPS) is 10.8. The molecule has 0 saturated heterocycles. The average molecular weight is 471 g/mol. The highest BCUT2D eigenvalue weighted by atomic mass is 15.2. The number of anilines is 6. The Kier molecular flexibility index (Phi) is 6.50. The van der Waals surface area contributed by atoms with Crippen LogP contribution in [-0.4, -0.2) is 9.97 Å². The fraction of sp³-hybridized carbons (Fsp3) is 0.125. The van der Waals surface area contributed by atoms with Gasteiger partial charge in [0.05, 0.1) is 0 Å². The van der Waals surface area contributed by atoms with E-state index in [1.807, 2.05) is 12.4 Å². The quantitative estimate of drug-likeness (QED) is 0.248. The standard InChI is InChI=1S/C32H30N4/c1-23-8-14-27(15-9-23)35(31-18-12-25(3)21-33-31)29-6-5-7-30(20-29)36(28-16-10-24(2)11-17-28)32-19-13-26(4)22-34-32/h5-22H,1-4H3. The first-order valence-electron chi connectivity index (χ1n) is 12.2. The molecule has 0 saturated carbocycles. The Morgan fingerprint density at radius 1 is 0.417 bits per heavy atom. The number of pyridine rings is 2. The number of aryl methyl sites for hydroxylation is 4. The molecular weight excluding hydrogens is 440 g/mol. The van der Waals surface area contributed by atoms with Crippen molar-refractivity contribution in [2.45, 2.75) is 27.7 Å². The maximum Gasteiger partial charge on any atom is 0.137 e. The van der Waals surface area contributed by atoms with E-state index in [-0.39, 0.29) is 0 Å². The van der Waals surface area contributed by atoms with Gasteiger partial charge >= 0.3 is 0 Å². The van der Waals surface area contributed by atoms with Crippen LogP contribution in [0.15, 0.2) is 109 Å². The van der Waals surface area contributed by atoms with Crippen LogP contribution >= 0.6 is 0 Å². The molecule has 3 aromatic carbocycles. The lowest BCUT2D eigenvalue weighted by molar-refractivity contribution is 1.14. The minimum absolute atomic E-state index is 0.872. The van der Waals surface area contributed by atoms with E-state index in [0.29, 0.717) is 0 Å². The summed E-state index contributed by atoms with van der Waals surface area (Å²) in [5.74, 6) is 1.74. The maximum atomic E-state index is 4.76. The smallest absolute Gasteiger partial charge is 0.137 e. The van der Waals surface area contributed by atoms with E-state index >= 15 is 0 Å². The van der Waals surface area contributed by atoms with Gasteiger partial charge in [-0.1, -0.05) is 53.6 Å². The van der Waals surface area contributed by atoms with Gasteiger partial charge in [0.15, 0.2) is 0 Å². The van der Waals surface area contributed by atoms with Crippen molar-refractivity contribution in [3.05, 3.63) is 132 Å². The molecule has 0 bridgehead atoms. The molecule has 36 heavy (non-hydrogen) atoms. The van der Waals surface area contributed by atoms with Crippen molar-refractivity contribution in [1.82, 2.24) is 9.97 Å². The summed E-state index contributed by atoms with van der Waals surface area (Å²) in [6.45, 7) is 8.32. The highest BCUT2D eigenvalue weighted by Crippen LogP contribution is 2.39. The summed E-state index contributed by atoms with van der Waals surface area (Å²) < 4.78 is 0. The van der Waals surface area contributed by atoms with Crippen LogP contribution in [0.3, 0.4) is 0 Å². The van der Waals surface area contributed by atoms with Crippen LogP contribution in [0.5, 0.6) is 0 Å². The number of hydrogen-bond acceptors (Lipinski definition) is 4. The van der Waals surface area contributed by atoms with E-state index in [0.717, 1.165) is 45.5 Å². The van der Waals surface area contributed by atoms with Gasteiger partial charge in [-0.2, -0.15) is 0 Å². The maximum absolute atomic E-state index is 4.76. The minimum Gasteiger partial charge on any atom is -0.295 e. The van der Waals surface area contributed by atoms with Crippen molar-refractivity contribution in [2.24, 2.45) is 0 Å². The van der Waals surface area contributed by atoms with Crippen LogP contribution in [0, 0.1) is 27.7 Å². The molecule has 0 radical (unpaired) electrons. The lowest BCUT2D eigenvalue weighted by Gasteiger charge is -2.28. The van der Waals surface area contributed by atoms with Crippen molar-refractivity contribution >= 4 is 34.4 Å². The van der Waals surface area contributed by atoms with Crippen molar-refractivity contribution in [3.63, 3.8) is 0 Å². The fourth-order valence-electron chi connectivity index (χ4n) is 4.17. The number of aromatic nitrogens is 2. The second-order valence-electron chi connectivity index (χ2n) is 9.25. The molecule has 0 spiro atoms. The molecule has 0 aliphatic rings. The zero-order valence-electron chi connectivity index (χ0n) is 21.2. The number of rotatable bonds is 6. The van der Waals surface area contributed by atoms with Crippen LogP contribution < -0.4 is 9.80 Å². The monoisotopic (exact) mass is 470 g/mol. The number of nitrogens with zero attached hydrogens (tertiary/aromatic N) is 4. The van der Waals surface area contributed by atoms with Crippen LogP contribution in [-0.2, 0) is 0 Å². The lowest BCUT2D eigenvalue weighted by Crippen LogP contribution is -2.14. The molecule has 0 fully saturated rings. The molecule has 0 aliphatic heterocycles. The van der Waals surface area contributed by atoms with E-state index in [1.54, 1.807) is 0 Å². The first-order chi connectivity index (χ1) is 17.5. The van der Waals surface area contributed by atoms with E-state index in [9.17, 15) is 0 Å². The predicted octanol–water partition coefficient (Wildman–Crippen LogP) is 8.65. The van der Waals surface area contributed by atoms with Gasteiger partial charge in [0.25, 0.3) is 0 Å². The topological polar surface area (TPSA) is 32.3 Å². The molecule has 5 aromatic rings. The lowest BCUT2D eigenvalue weighted by atomic mass is 10.1. The summed E-state index contributed by atoms with van der Waals surface area (Å²) in [5, 5.41) is 0. The Bertz CT molecular complexity index is 1240. The molecule has 0 atom stereocenters. The molecule has 4 nitrogen and oxygen atoms in total. The van der Waals surface area contributed by atoms with Crippen LogP contribution in [0.25, 0.3) is 0 Å². The highest BCUT2D eigenvalue weighted by molar-refractivity contribution is 5.81. The summed E-state index contributed by atoms with van der Waals surface area (Å²) >= 11 is 0. The first kappa shape index (κ1) is 23.3. The Hall–Kier alpha value is -4.44. The Balaban J connectivity index is 1.65. The molecule has 0 aliphatic carbocycles. The van der Waals surface area contributed by atoms with Gasteiger partial charge in [0, 0.05) is 35.1 Å². The van der Waals surface area contributed by atoms with Crippen LogP contribution in [0.1, 0.15) is 22.3 Å². The van der Waals surface area contributed by atoms with E-state index in [1.165, 1.54) is 11.1 Å². The van der Waals surface area contributed by atoms with Crippen LogP contribution in [0.2, 0.25) is 0 Å². The van der Waals surface area contributed by atoms with Crippen molar-refractivity contribution in [1.29, 1.82) is 0 Å². The zero-order valence-corrected chi connectivity index (χ0v) is 21.2. The molecule has 5 rings (SSSR count). The second kappa shape index (κ2) is 10.0. The molecule has 0 N–H and O–H groups in total. The summed E-state index contributed by atoms with van der Waals surface area (Å²) in [7, 11) is 0. The van der Waals surface area contributed by atoms with Gasteiger partial charge < -0.3 is 0 Å². The van der Waals surface area contributed by atoms with Gasteiger partial charge in [0.1, 0.15) is 11.6 Å². The molecular formula is C32H30N4. The van der Waals surface area contributed by atoms with E-state index in [4.69, 9.17) is 9.97 Å². The van der Waals surface area contributed by atoms with Gasteiger partial charge in [-0.25, -0.2) is 9.97 Å². The van der Waals surface area contributed by atoms with Crippen molar-refractivity contribution < 1.29 is 0 Å². The summed E-state index contributed by atoms with van der Waals surface area (Å²) in [6.07, 6.45) is 3.82. The molecule has 2 heterocycles. The minimum atomic E-state index is 0.872. The SMILES string of the molecule is Cc1ccc(N(c2cccc(N(c3ccc(C)cc3)c3ccc(C)cn3)c2)c2ccc(C)cn2)cc1. The third-order valence-electron chi connectivity index (χ3n) is 6.18. The average Bonchev–Trinajstić information content (AvgIpc) is 2.89. The zero-order chi connectivity index (χ0) is 25.1. The summed E-state index contributed by atoms with van der Waals surface area (Å²) in [6, 6.07) is 34.0. The Morgan fingerprint density at radius 3 is 1.17 bits per heavy atom. The molecule has 0 unspecified atom stereocenters. The van der Waals surface area contributed by atoms with Gasteiger partial charge in [-0.05, 0) is 93.4 Å². The first-order valence-corrected chi connectivity index (χ1v) is 12.2. The largest absolute Gasteiger partial charge is 0.295 e. The predicted molar refractivity (Wildman–Crippen MR) is 150 cm³/mol. The third kappa shape index (κ3) is 4.98. The van der Waals surface area contributed by atoms with Crippen molar-refractivity contribution in [3.8, 4) is 0 Å². The third-order valence-corrected chi connectivity index (χ3v) is 6.18. The molecule has 0 amide bonds. The van der Waals surface area contributed by atoms with Gasteiger partial charge in [0.2, 0.25) is 0 Å². The Labute approximate surface area is 213 Å². The van der Waals surface area contributed by atoms with Gasteiger partial charge in [-0.15, -0.1) is 0 Å². The number of benzene rings is 3. The van der Waals surface area contributed by atoms with Crippen molar-refractivity contribution in [2.75, 3.05) is 9.80 Å². The van der Waals surface area contributed by atoms with Crippen LogP contribution in [0.4, 0.5) is 34.4 Å². The number of hydrogen-bond donors (Lipinski definition) is 0. The summed E-state index contributed by atoms with van der Waals surface area (Å²) in [4.78, 5) is 13.9.